The summed E-state index contributed by atoms with van der Waals surface area (Å²) in [6.07, 6.45) is 0. The number of carboxylic acids is 1. The molecular formula is C12H12BrNO2S. The third-order valence-corrected chi connectivity index (χ3v) is 4.40. The predicted octanol–water partition coefficient (Wildman–Crippen LogP) is 3.17. The van der Waals surface area contributed by atoms with Gasteiger partial charge in [0.25, 0.3) is 0 Å². The molecule has 5 heteroatoms. The van der Waals surface area contributed by atoms with Crippen LogP contribution in [0.25, 0.3) is 0 Å². The average Bonchev–Trinajstić information content (AvgIpc) is 2.55. The van der Waals surface area contributed by atoms with Crippen molar-refractivity contribution in [2.24, 2.45) is 4.99 Å². The van der Waals surface area contributed by atoms with E-state index in [2.05, 4.69) is 20.9 Å². The molecular weight excluding hydrogens is 302 g/mol. The van der Waals surface area contributed by atoms with Gasteiger partial charge in [0.15, 0.2) is 6.04 Å². The fourth-order valence-electron chi connectivity index (χ4n) is 1.68. The minimum Gasteiger partial charge on any atom is -0.480 e. The maximum Gasteiger partial charge on any atom is 0.329 e. The lowest BCUT2D eigenvalue weighted by Crippen LogP contribution is -2.34. The minimum absolute atomic E-state index is 0.395. The fourth-order valence-corrected chi connectivity index (χ4v) is 3.12. The molecule has 0 saturated heterocycles. The van der Waals surface area contributed by atoms with Gasteiger partial charge in [-0.25, -0.2) is 4.79 Å². The molecule has 1 N–H and O–H groups in total. The van der Waals surface area contributed by atoms with E-state index >= 15 is 0 Å². The van der Waals surface area contributed by atoms with Crippen molar-refractivity contribution < 1.29 is 9.90 Å². The van der Waals surface area contributed by atoms with E-state index in [-0.39, 0.29) is 0 Å². The Balaban J connectivity index is 2.33. The molecule has 0 bridgehead atoms. The lowest BCUT2D eigenvalue weighted by atomic mass is 10.0. The van der Waals surface area contributed by atoms with Crippen molar-refractivity contribution in [3.8, 4) is 0 Å². The van der Waals surface area contributed by atoms with Crippen LogP contribution in [-0.4, -0.2) is 26.9 Å². The molecule has 1 aromatic carbocycles. The first kappa shape index (κ1) is 12.6. The third kappa shape index (κ3) is 2.55. The predicted molar refractivity (Wildman–Crippen MR) is 73.8 cm³/mol. The topological polar surface area (TPSA) is 49.7 Å². The van der Waals surface area contributed by atoms with Gasteiger partial charge in [0, 0.05) is 14.8 Å². The lowest BCUT2D eigenvalue weighted by Gasteiger charge is -2.20. The van der Waals surface area contributed by atoms with Crippen LogP contribution in [-0.2, 0) is 4.79 Å². The van der Waals surface area contributed by atoms with E-state index in [9.17, 15) is 4.79 Å². The number of hydrogen-bond acceptors (Lipinski definition) is 3. The zero-order valence-electron chi connectivity index (χ0n) is 9.48. The molecule has 0 aliphatic carbocycles. The number of hydrogen-bond donors (Lipinski definition) is 1. The summed E-state index contributed by atoms with van der Waals surface area (Å²) < 4.78 is 0.604. The van der Waals surface area contributed by atoms with Crippen molar-refractivity contribution in [3.63, 3.8) is 0 Å². The van der Waals surface area contributed by atoms with E-state index in [1.807, 2.05) is 38.1 Å². The number of rotatable bonds is 2. The zero-order valence-corrected chi connectivity index (χ0v) is 11.9. The van der Waals surface area contributed by atoms with Crippen LogP contribution < -0.4 is 0 Å². The second-order valence-corrected chi connectivity index (χ2v) is 6.95. The Morgan fingerprint density at radius 1 is 1.41 bits per heavy atom. The lowest BCUT2D eigenvalue weighted by molar-refractivity contribution is -0.138. The van der Waals surface area contributed by atoms with Crippen LogP contribution >= 0.6 is 27.7 Å². The third-order valence-electron chi connectivity index (χ3n) is 2.59. The van der Waals surface area contributed by atoms with Crippen LogP contribution in [0.5, 0.6) is 0 Å². The number of carboxylic acid groups (broad SMARTS) is 1. The molecule has 17 heavy (non-hydrogen) atoms. The summed E-state index contributed by atoms with van der Waals surface area (Å²) in [7, 11) is 0. The van der Waals surface area contributed by atoms with Crippen LogP contribution in [0, 0.1) is 0 Å². The summed E-state index contributed by atoms with van der Waals surface area (Å²) in [5.74, 6) is -0.866. The van der Waals surface area contributed by atoms with Crippen LogP contribution in [0.15, 0.2) is 33.7 Å². The van der Waals surface area contributed by atoms with Crippen molar-refractivity contribution in [1.29, 1.82) is 0 Å². The van der Waals surface area contributed by atoms with Gasteiger partial charge >= 0.3 is 5.97 Å². The smallest absolute Gasteiger partial charge is 0.329 e. The number of benzene rings is 1. The molecule has 1 aromatic rings. The highest BCUT2D eigenvalue weighted by atomic mass is 79.9. The van der Waals surface area contributed by atoms with Gasteiger partial charge < -0.3 is 5.11 Å². The molecule has 0 unspecified atom stereocenters. The monoisotopic (exact) mass is 313 g/mol. The van der Waals surface area contributed by atoms with Crippen molar-refractivity contribution in [2.75, 3.05) is 0 Å². The highest BCUT2D eigenvalue weighted by Crippen LogP contribution is 2.39. The Morgan fingerprint density at radius 2 is 2.00 bits per heavy atom. The van der Waals surface area contributed by atoms with Gasteiger partial charge in [0.05, 0.1) is 5.04 Å². The van der Waals surface area contributed by atoms with Crippen LogP contribution in [0.3, 0.4) is 0 Å². The van der Waals surface area contributed by atoms with Gasteiger partial charge in [-0.05, 0) is 26.0 Å². The Hall–Kier alpha value is -0.810. The molecule has 0 aromatic heterocycles. The average molecular weight is 314 g/mol. The Bertz CT molecular complexity index is 482. The molecule has 1 aliphatic rings. The molecule has 1 atom stereocenters. The molecule has 90 valence electrons. The van der Waals surface area contributed by atoms with Crippen molar-refractivity contribution in [3.05, 3.63) is 34.3 Å². The molecule has 2 rings (SSSR count). The van der Waals surface area contributed by atoms with E-state index in [4.69, 9.17) is 5.11 Å². The zero-order chi connectivity index (χ0) is 12.6. The summed E-state index contributed by atoms with van der Waals surface area (Å²) in [6.45, 7) is 3.82. The summed E-state index contributed by atoms with van der Waals surface area (Å²) in [5, 5.41) is 9.93. The largest absolute Gasteiger partial charge is 0.480 e. The molecule has 1 aliphatic heterocycles. The number of thioether (sulfide) groups is 1. The quantitative estimate of drug-likeness (QED) is 0.912. The standard InChI is InChI=1S/C12H12BrNO2S/c1-12(2)9(11(15)16)14-10(17-12)7-3-5-8(13)6-4-7/h3-6,9H,1-2H3,(H,15,16)/t9-/m1/s1. The van der Waals surface area contributed by atoms with Crippen LogP contribution in [0.1, 0.15) is 19.4 Å². The number of halogens is 1. The van der Waals surface area contributed by atoms with Gasteiger partial charge in [-0.3, -0.25) is 4.99 Å². The van der Waals surface area contributed by atoms with E-state index in [1.54, 1.807) is 0 Å². The van der Waals surface area contributed by atoms with Gasteiger partial charge in [-0.1, -0.05) is 39.8 Å². The Labute approximate surface area is 112 Å². The first-order valence-corrected chi connectivity index (χ1v) is 6.76. The molecule has 0 radical (unpaired) electrons. The number of nitrogens with zero attached hydrogens (tertiary/aromatic N) is 1. The minimum atomic E-state index is -0.866. The highest BCUT2D eigenvalue weighted by Gasteiger charge is 2.42. The second kappa shape index (κ2) is 4.46. The summed E-state index contributed by atoms with van der Waals surface area (Å²) in [6, 6.07) is 7.07. The maximum absolute atomic E-state index is 11.1. The molecule has 0 fully saturated rings. The van der Waals surface area contributed by atoms with Gasteiger partial charge in [-0.15, -0.1) is 0 Å². The number of carbonyl (C=O) groups is 1. The van der Waals surface area contributed by atoms with Crippen LogP contribution in [0.2, 0.25) is 0 Å². The molecule has 0 saturated carbocycles. The molecule has 0 amide bonds. The SMILES string of the molecule is CC1(C)SC(c2ccc(Br)cc2)=N[C@@H]1C(=O)O. The van der Waals surface area contributed by atoms with Gasteiger partial charge in [-0.2, -0.15) is 0 Å². The first-order valence-electron chi connectivity index (χ1n) is 5.16. The Morgan fingerprint density at radius 3 is 2.47 bits per heavy atom. The number of aliphatic carboxylic acids is 1. The van der Waals surface area contributed by atoms with Crippen LogP contribution in [0.4, 0.5) is 0 Å². The Kier molecular flexibility index (Phi) is 3.32. The van der Waals surface area contributed by atoms with E-state index < -0.39 is 16.8 Å². The van der Waals surface area contributed by atoms with E-state index in [1.165, 1.54) is 11.8 Å². The molecule has 1 heterocycles. The van der Waals surface area contributed by atoms with Crippen molar-refractivity contribution in [1.82, 2.24) is 0 Å². The van der Waals surface area contributed by atoms with Gasteiger partial charge in [0.2, 0.25) is 0 Å². The van der Waals surface area contributed by atoms with E-state index in [0.29, 0.717) is 0 Å². The first-order chi connectivity index (χ1) is 7.90. The number of aliphatic imine (C=N–C) groups is 1. The van der Waals surface area contributed by atoms with Gasteiger partial charge in [0.1, 0.15) is 0 Å². The highest BCUT2D eigenvalue weighted by molar-refractivity contribution is 9.10. The van der Waals surface area contributed by atoms with Crippen molar-refractivity contribution in [2.45, 2.75) is 24.6 Å². The fraction of sp³-hybridized carbons (Fsp3) is 0.333. The normalized spacial score (nSPS) is 22.3. The maximum atomic E-state index is 11.1. The van der Waals surface area contributed by atoms with E-state index in [0.717, 1.165) is 15.1 Å². The summed E-state index contributed by atoms with van der Waals surface area (Å²) in [5.41, 5.74) is 0.968. The molecule has 3 nitrogen and oxygen atoms in total. The van der Waals surface area contributed by atoms with Crippen molar-refractivity contribution >= 4 is 38.7 Å². The summed E-state index contributed by atoms with van der Waals surface area (Å²) in [4.78, 5) is 15.4. The molecule has 0 spiro atoms. The second-order valence-electron chi connectivity index (χ2n) is 4.39. The summed E-state index contributed by atoms with van der Waals surface area (Å²) >= 11 is 4.89.